The Balaban J connectivity index is 1.92. The van der Waals surface area contributed by atoms with Crippen molar-refractivity contribution in [1.29, 1.82) is 0 Å². The van der Waals surface area contributed by atoms with E-state index in [9.17, 15) is 9.90 Å². The lowest BCUT2D eigenvalue weighted by Gasteiger charge is -2.06. The molecule has 2 heterocycles. The highest BCUT2D eigenvalue weighted by molar-refractivity contribution is 9.10. The zero-order valence-electron chi connectivity index (χ0n) is 13.5. The van der Waals surface area contributed by atoms with Crippen molar-refractivity contribution in [3.05, 3.63) is 46.7 Å². The SMILES string of the molecule is CCCCOC(=O)c1nc(Br)c2cc(Sc3ccccc3)sc2c1O. The van der Waals surface area contributed by atoms with E-state index in [1.807, 2.05) is 43.3 Å². The van der Waals surface area contributed by atoms with E-state index in [-0.39, 0.29) is 11.4 Å². The van der Waals surface area contributed by atoms with E-state index in [0.29, 0.717) is 15.9 Å². The van der Waals surface area contributed by atoms with E-state index in [1.54, 1.807) is 11.8 Å². The molecular weight excluding hydrogens is 422 g/mol. The summed E-state index contributed by atoms with van der Waals surface area (Å²) in [6.07, 6.45) is 1.72. The van der Waals surface area contributed by atoms with Crippen molar-refractivity contribution in [1.82, 2.24) is 4.98 Å². The van der Waals surface area contributed by atoms with E-state index in [1.165, 1.54) is 11.3 Å². The first-order valence-electron chi connectivity index (χ1n) is 7.82. The van der Waals surface area contributed by atoms with Gasteiger partial charge >= 0.3 is 5.97 Å². The van der Waals surface area contributed by atoms with Gasteiger partial charge in [-0.15, -0.1) is 11.3 Å². The van der Waals surface area contributed by atoms with E-state index in [2.05, 4.69) is 20.9 Å². The number of ether oxygens (including phenoxy) is 1. The highest BCUT2D eigenvalue weighted by Crippen LogP contribution is 2.43. The highest BCUT2D eigenvalue weighted by Gasteiger charge is 2.21. The zero-order valence-corrected chi connectivity index (χ0v) is 16.7. The molecule has 0 bridgehead atoms. The number of thiophene rings is 1. The van der Waals surface area contributed by atoms with Crippen molar-refractivity contribution in [2.75, 3.05) is 6.61 Å². The first-order valence-corrected chi connectivity index (χ1v) is 10.2. The molecule has 130 valence electrons. The average Bonchev–Trinajstić information content (AvgIpc) is 3.04. The Bertz CT molecular complexity index is 896. The van der Waals surface area contributed by atoms with Gasteiger partial charge in [-0.25, -0.2) is 9.78 Å². The number of unbranched alkanes of at least 4 members (excludes halogenated alkanes) is 1. The number of nitrogens with zero attached hydrogens (tertiary/aromatic N) is 1. The molecular formula is C18H16BrNO3S2. The number of aromatic nitrogens is 1. The summed E-state index contributed by atoms with van der Waals surface area (Å²) in [4.78, 5) is 17.5. The smallest absolute Gasteiger partial charge is 0.360 e. The van der Waals surface area contributed by atoms with Crippen LogP contribution in [0.2, 0.25) is 0 Å². The molecule has 0 saturated heterocycles. The molecule has 0 spiro atoms. The van der Waals surface area contributed by atoms with Crippen molar-refractivity contribution in [2.45, 2.75) is 28.9 Å². The maximum absolute atomic E-state index is 12.2. The standard InChI is InChI=1S/C18H16BrNO3S2/c1-2-3-9-23-18(22)14-15(21)16-12(17(19)20-14)10-13(25-16)24-11-7-5-4-6-8-11/h4-8,10,21H,2-3,9H2,1H3. The summed E-state index contributed by atoms with van der Waals surface area (Å²) in [5.41, 5.74) is -0.0476. The molecule has 0 radical (unpaired) electrons. The molecule has 25 heavy (non-hydrogen) atoms. The maximum Gasteiger partial charge on any atom is 0.360 e. The van der Waals surface area contributed by atoms with Crippen molar-refractivity contribution in [3.8, 4) is 5.75 Å². The van der Waals surface area contributed by atoms with Gasteiger partial charge in [-0.05, 0) is 40.5 Å². The number of halogens is 1. The molecule has 1 aromatic carbocycles. The number of carbonyl (C=O) groups excluding carboxylic acids is 1. The van der Waals surface area contributed by atoms with Crippen LogP contribution in [-0.2, 0) is 4.74 Å². The molecule has 0 aliphatic heterocycles. The first-order chi connectivity index (χ1) is 12.1. The summed E-state index contributed by atoms with van der Waals surface area (Å²) in [5.74, 6) is -0.719. The Hall–Kier alpha value is -1.57. The normalized spacial score (nSPS) is 11.0. The van der Waals surface area contributed by atoms with Crippen molar-refractivity contribution >= 4 is 55.1 Å². The number of hydrogen-bond acceptors (Lipinski definition) is 6. The third kappa shape index (κ3) is 4.16. The zero-order chi connectivity index (χ0) is 17.8. The molecule has 3 aromatic rings. The molecule has 0 unspecified atom stereocenters. The fourth-order valence-corrected chi connectivity index (χ4v) is 5.06. The third-order valence-corrected chi connectivity index (χ3v) is 6.33. The van der Waals surface area contributed by atoms with Crippen molar-refractivity contribution < 1.29 is 14.6 Å². The van der Waals surface area contributed by atoms with Gasteiger partial charge in [0, 0.05) is 10.3 Å². The van der Waals surface area contributed by atoms with Crippen LogP contribution in [0.15, 0.2) is 50.1 Å². The van der Waals surface area contributed by atoms with Gasteiger partial charge < -0.3 is 9.84 Å². The van der Waals surface area contributed by atoms with Gasteiger partial charge in [0.1, 0.15) is 4.60 Å². The molecule has 0 aliphatic carbocycles. The van der Waals surface area contributed by atoms with Gasteiger partial charge in [0.15, 0.2) is 11.4 Å². The second-order valence-corrected chi connectivity index (χ2v) is 8.49. The Morgan fingerprint density at radius 3 is 2.84 bits per heavy atom. The lowest BCUT2D eigenvalue weighted by molar-refractivity contribution is 0.0489. The molecule has 0 aliphatic rings. The van der Waals surface area contributed by atoms with Crippen molar-refractivity contribution in [3.63, 3.8) is 0 Å². The van der Waals surface area contributed by atoms with Crippen LogP contribution in [0.5, 0.6) is 5.75 Å². The number of rotatable bonds is 6. The Kier molecular flexibility index (Phi) is 5.98. The van der Waals surface area contributed by atoms with Crippen LogP contribution in [0, 0.1) is 0 Å². The van der Waals surface area contributed by atoms with E-state index < -0.39 is 5.97 Å². The van der Waals surface area contributed by atoms with Crippen LogP contribution >= 0.6 is 39.0 Å². The monoisotopic (exact) mass is 437 g/mol. The highest BCUT2D eigenvalue weighted by atomic mass is 79.9. The quantitative estimate of drug-likeness (QED) is 0.296. The fourth-order valence-electron chi connectivity index (χ4n) is 2.19. The van der Waals surface area contributed by atoms with Crippen LogP contribution in [0.4, 0.5) is 0 Å². The minimum absolute atomic E-state index is 0.0476. The lowest BCUT2D eigenvalue weighted by atomic mass is 10.2. The van der Waals surface area contributed by atoms with Gasteiger partial charge in [-0.1, -0.05) is 43.3 Å². The van der Waals surface area contributed by atoms with E-state index in [0.717, 1.165) is 27.3 Å². The summed E-state index contributed by atoms with van der Waals surface area (Å²) >= 11 is 6.43. The number of pyridine rings is 1. The van der Waals surface area contributed by atoms with Crippen molar-refractivity contribution in [2.24, 2.45) is 0 Å². The molecule has 1 N–H and O–H groups in total. The van der Waals surface area contributed by atoms with E-state index >= 15 is 0 Å². The second kappa shape index (κ2) is 8.21. The molecule has 2 aromatic heterocycles. The summed E-state index contributed by atoms with van der Waals surface area (Å²) in [7, 11) is 0. The summed E-state index contributed by atoms with van der Waals surface area (Å²) in [5, 5.41) is 11.3. The van der Waals surface area contributed by atoms with Gasteiger partial charge in [0.05, 0.1) is 15.5 Å². The third-order valence-electron chi connectivity index (χ3n) is 3.47. The first kappa shape index (κ1) is 18.2. The number of hydrogen-bond donors (Lipinski definition) is 1. The number of aromatic hydroxyl groups is 1. The second-order valence-electron chi connectivity index (χ2n) is 5.31. The summed E-state index contributed by atoms with van der Waals surface area (Å²) in [6.45, 7) is 2.34. The molecule has 7 heteroatoms. The predicted octanol–water partition coefficient (Wildman–Crippen LogP) is 5.87. The Labute approximate surface area is 162 Å². The van der Waals surface area contributed by atoms with Gasteiger partial charge in [0.2, 0.25) is 0 Å². The number of fused-ring (bicyclic) bond motifs is 1. The fraction of sp³-hybridized carbons (Fsp3) is 0.222. The van der Waals surface area contributed by atoms with Crippen LogP contribution in [-0.4, -0.2) is 22.7 Å². The molecule has 0 saturated carbocycles. The van der Waals surface area contributed by atoms with Crippen LogP contribution < -0.4 is 0 Å². The van der Waals surface area contributed by atoms with Crippen LogP contribution in [0.3, 0.4) is 0 Å². The molecule has 0 amide bonds. The van der Waals surface area contributed by atoms with Crippen LogP contribution in [0.25, 0.3) is 10.1 Å². The van der Waals surface area contributed by atoms with Gasteiger partial charge in [0.25, 0.3) is 0 Å². The molecule has 4 nitrogen and oxygen atoms in total. The van der Waals surface area contributed by atoms with Gasteiger partial charge in [-0.2, -0.15) is 0 Å². The number of carbonyl (C=O) groups is 1. The summed E-state index contributed by atoms with van der Waals surface area (Å²) in [6, 6.07) is 11.9. The largest absolute Gasteiger partial charge is 0.504 e. The molecule has 3 rings (SSSR count). The van der Waals surface area contributed by atoms with E-state index in [4.69, 9.17) is 4.74 Å². The number of benzene rings is 1. The Morgan fingerprint density at radius 2 is 2.12 bits per heavy atom. The molecule has 0 atom stereocenters. The predicted molar refractivity (Wildman–Crippen MR) is 105 cm³/mol. The molecule has 0 fully saturated rings. The van der Waals surface area contributed by atoms with Crippen LogP contribution in [0.1, 0.15) is 30.3 Å². The minimum atomic E-state index is -0.598. The summed E-state index contributed by atoms with van der Waals surface area (Å²) < 4.78 is 7.34. The topological polar surface area (TPSA) is 59.4 Å². The maximum atomic E-state index is 12.2. The lowest BCUT2D eigenvalue weighted by Crippen LogP contribution is -2.09. The minimum Gasteiger partial charge on any atom is -0.504 e. The Morgan fingerprint density at radius 1 is 1.36 bits per heavy atom. The average molecular weight is 438 g/mol. The van der Waals surface area contributed by atoms with Gasteiger partial charge in [-0.3, -0.25) is 0 Å². The number of esters is 1.